The number of thiazole rings is 1. The molecule has 0 aliphatic carbocycles. The molecule has 0 bridgehead atoms. The highest BCUT2D eigenvalue weighted by molar-refractivity contribution is 7.18. The number of nitrogen functional groups attached to an aromatic ring is 1. The first-order valence-electron chi connectivity index (χ1n) is 5.95. The molecule has 0 atom stereocenters. The zero-order valence-electron chi connectivity index (χ0n) is 11.1. The van der Waals surface area contributed by atoms with Crippen molar-refractivity contribution in [3.63, 3.8) is 0 Å². The van der Waals surface area contributed by atoms with Crippen LogP contribution in [0, 0.1) is 0 Å². The number of nitrogens with one attached hydrogen (secondary N) is 2. The molecule has 4 N–H and O–H groups in total. The van der Waals surface area contributed by atoms with Crippen LogP contribution in [0.15, 0.2) is 18.3 Å². The monoisotopic (exact) mass is 293 g/mol. The minimum absolute atomic E-state index is 0.213. The van der Waals surface area contributed by atoms with E-state index < -0.39 is 0 Å². The number of rotatable bonds is 5. The Morgan fingerprint density at radius 1 is 1.50 bits per heavy atom. The zero-order chi connectivity index (χ0) is 14.5. The summed E-state index contributed by atoms with van der Waals surface area (Å²) < 4.78 is 4.95. The van der Waals surface area contributed by atoms with E-state index in [0.717, 1.165) is 6.54 Å². The summed E-state index contributed by atoms with van der Waals surface area (Å²) in [6.07, 6.45) is 1.51. The van der Waals surface area contributed by atoms with Crippen molar-refractivity contribution < 1.29 is 9.53 Å². The Labute approximate surface area is 120 Å². The molecule has 0 fully saturated rings. The first-order chi connectivity index (χ1) is 9.63. The molecular formula is C12H15N5O2S. The van der Waals surface area contributed by atoms with Gasteiger partial charge in [0.15, 0.2) is 5.13 Å². The summed E-state index contributed by atoms with van der Waals surface area (Å²) >= 11 is 1.21. The summed E-state index contributed by atoms with van der Waals surface area (Å²) in [6.45, 7) is 2.66. The van der Waals surface area contributed by atoms with Crippen molar-refractivity contribution in [2.24, 2.45) is 0 Å². The highest BCUT2D eigenvalue weighted by Gasteiger charge is 2.16. The third-order valence-electron chi connectivity index (χ3n) is 2.39. The van der Waals surface area contributed by atoms with Crippen molar-refractivity contribution in [1.82, 2.24) is 9.97 Å². The van der Waals surface area contributed by atoms with Crippen LogP contribution in [0.2, 0.25) is 0 Å². The van der Waals surface area contributed by atoms with Gasteiger partial charge in [0.25, 0.3) is 5.91 Å². The number of hydrogen-bond donors (Lipinski definition) is 3. The van der Waals surface area contributed by atoms with Crippen LogP contribution in [0.4, 0.5) is 16.6 Å². The minimum Gasteiger partial charge on any atom is -0.481 e. The lowest BCUT2D eigenvalue weighted by atomic mass is 10.4. The fourth-order valence-corrected chi connectivity index (χ4v) is 2.33. The second-order valence-electron chi connectivity index (χ2n) is 3.81. The van der Waals surface area contributed by atoms with Gasteiger partial charge in [-0.3, -0.25) is 4.79 Å². The summed E-state index contributed by atoms with van der Waals surface area (Å²) in [4.78, 5) is 20.6. The molecule has 8 heteroatoms. The van der Waals surface area contributed by atoms with Crippen LogP contribution in [0.25, 0.3) is 0 Å². The van der Waals surface area contributed by atoms with Crippen molar-refractivity contribution in [2.75, 3.05) is 30.0 Å². The van der Waals surface area contributed by atoms with Crippen LogP contribution in [-0.2, 0) is 0 Å². The van der Waals surface area contributed by atoms with Gasteiger partial charge in [-0.05, 0) is 13.0 Å². The first-order valence-corrected chi connectivity index (χ1v) is 6.77. The van der Waals surface area contributed by atoms with Gasteiger partial charge in [-0.15, -0.1) is 0 Å². The van der Waals surface area contributed by atoms with Gasteiger partial charge in [0.2, 0.25) is 5.88 Å². The molecule has 0 unspecified atom stereocenters. The maximum atomic E-state index is 12.1. The third-order valence-corrected chi connectivity index (χ3v) is 3.42. The van der Waals surface area contributed by atoms with E-state index in [1.807, 2.05) is 6.92 Å². The molecule has 7 nitrogen and oxygen atoms in total. The highest BCUT2D eigenvalue weighted by Crippen LogP contribution is 2.25. The van der Waals surface area contributed by atoms with Crippen LogP contribution < -0.4 is 21.1 Å². The van der Waals surface area contributed by atoms with E-state index in [0.29, 0.717) is 21.6 Å². The Hall–Kier alpha value is -2.35. The molecule has 106 valence electrons. The van der Waals surface area contributed by atoms with E-state index in [1.165, 1.54) is 24.6 Å². The van der Waals surface area contributed by atoms with E-state index in [-0.39, 0.29) is 11.7 Å². The molecule has 2 aromatic heterocycles. The van der Waals surface area contributed by atoms with Gasteiger partial charge >= 0.3 is 0 Å². The number of carbonyl (C=O) groups is 1. The topological polar surface area (TPSA) is 102 Å². The van der Waals surface area contributed by atoms with Gasteiger partial charge < -0.3 is 21.1 Å². The smallest absolute Gasteiger partial charge is 0.269 e. The van der Waals surface area contributed by atoms with Gasteiger partial charge in [0, 0.05) is 12.6 Å². The maximum absolute atomic E-state index is 12.1. The number of ether oxygens (including phenoxy) is 1. The Morgan fingerprint density at radius 2 is 2.30 bits per heavy atom. The van der Waals surface area contributed by atoms with Gasteiger partial charge in [-0.25, -0.2) is 9.97 Å². The summed E-state index contributed by atoms with van der Waals surface area (Å²) in [7, 11) is 1.53. The molecule has 0 aliphatic rings. The standard InChI is InChI=1S/C12H15N5O2S/c1-3-14-12-17-10(13)9(20-12)11(18)16-7-4-5-8(19-2)15-6-7/h4-6H,3,13H2,1-2H3,(H,14,17)(H,16,18). The molecule has 0 saturated heterocycles. The Kier molecular flexibility index (Phi) is 4.36. The van der Waals surface area contributed by atoms with Crippen LogP contribution in [0.1, 0.15) is 16.6 Å². The molecule has 2 aromatic rings. The predicted molar refractivity (Wildman–Crippen MR) is 79.4 cm³/mol. The molecule has 0 spiro atoms. The lowest BCUT2D eigenvalue weighted by Crippen LogP contribution is -2.12. The lowest BCUT2D eigenvalue weighted by Gasteiger charge is -2.04. The summed E-state index contributed by atoms with van der Waals surface area (Å²) in [5, 5.41) is 6.36. The number of aromatic nitrogens is 2. The molecule has 20 heavy (non-hydrogen) atoms. The number of pyridine rings is 1. The van der Waals surface area contributed by atoms with E-state index in [9.17, 15) is 4.79 Å². The first kappa shape index (κ1) is 14.1. The third kappa shape index (κ3) is 3.15. The Morgan fingerprint density at radius 3 is 2.90 bits per heavy atom. The summed E-state index contributed by atoms with van der Waals surface area (Å²) in [5.74, 6) is 0.385. The SMILES string of the molecule is CCNc1nc(N)c(C(=O)Nc2ccc(OC)nc2)s1. The van der Waals surface area contributed by atoms with Gasteiger partial charge in [0.05, 0.1) is 19.0 Å². The van der Waals surface area contributed by atoms with Crippen LogP contribution in [-0.4, -0.2) is 29.5 Å². The van der Waals surface area contributed by atoms with Gasteiger partial charge in [-0.2, -0.15) is 0 Å². The van der Waals surface area contributed by atoms with E-state index in [1.54, 1.807) is 12.1 Å². The molecule has 2 heterocycles. The number of anilines is 3. The average molecular weight is 293 g/mol. The van der Waals surface area contributed by atoms with Crippen molar-refractivity contribution >= 4 is 33.9 Å². The second-order valence-corrected chi connectivity index (χ2v) is 4.81. The quantitative estimate of drug-likeness (QED) is 0.777. The van der Waals surface area contributed by atoms with Crippen molar-refractivity contribution in [1.29, 1.82) is 0 Å². The molecule has 2 rings (SSSR count). The Bertz CT molecular complexity index is 596. The van der Waals surface area contributed by atoms with Gasteiger partial charge in [0.1, 0.15) is 10.7 Å². The van der Waals surface area contributed by atoms with Crippen LogP contribution in [0.3, 0.4) is 0 Å². The molecule has 0 saturated carbocycles. The number of nitrogens with zero attached hydrogens (tertiary/aromatic N) is 2. The van der Waals surface area contributed by atoms with Crippen molar-refractivity contribution in [3.05, 3.63) is 23.2 Å². The average Bonchev–Trinajstić information content (AvgIpc) is 2.81. The lowest BCUT2D eigenvalue weighted by molar-refractivity contribution is 0.103. The molecule has 1 amide bonds. The highest BCUT2D eigenvalue weighted by atomic mass is 32.1. The fourth-order valence-electron chi connectivity index (χ4n) is 1.48. The predicted octanol–water partition coefficient (Wildman–Crippen LogP) is 1.81. The Balaban J connectivity index is 2.10. The molecule has 0 aromatic carbocycles. The molecular weight excluding hydrogens is 278 g/mol. The van der Waals surface area contributed by atoms with E-state index in [4.69, 9.17) is 10.5 Å². The molecule has 0 aliphatic heterocycles. The fraction of sp³-hybridized carbons (Fsp3) is 0.250. The number of amides is 1. The molecule has 0 radical (unpaired) electrons. The number of nitrogens with two attached hydrogens (primary N) is 1. The summed E-state index contributed by atoms with van der Waals surface area (Å²) in [5.41, 5.74) is 6.30. The van der Waals surface area contributed by atoms with Crippen molar-refractivity contribution in [3.8, 4) is 5.88 Å². The minimum atomic E-state index is -0.309. The van der Waals surface area contributed by atoms with Crippen LogP contribution >= 0.6 is 11.3 Å². The maximum Gasteiger partial charge on any atom is 0.269 e. The van der Waals surface area contributed by atoms with E-state index >= 15 is 0 Å². The number of hydrogen-bond acceptors (Lipinski definition) is 7. The zero-order valence-corrected chi connectivity index (χ0v) is 12.0. The second kappa shape index (κ2) is 6.20. The van der Waals surface area contributed by atoms with Gasteiger partial charge in [-0.1, -0.05) is 11.3 Å². The van der Waals surface area contributed by atoms with Crippen molar-refractivity contribution in [2.45, 2.75) is 6.92 Å². The normalized spacial score (nSPS) is 10.1. The number of carbonyl (C=O) groups excluding carboxylic acids is 1. The van der Waals surface area contributed by atoms with Crippen LogP contribution in [0.5, 0.6) is 5.88 Å². The van der Waals surface area contributed by atoms with E-state index in [2.05, 4.69) is 20.6 Å². The number of methoxy groups -OCH3 is 1. The largest absolute Gasteiger partial charge is 0.481 e. The summed E-state index contributed by atoms with van der Waals surface area (Å²) in [6, 6.07) is 3.36.